The zero-order valence-electron chi connectivity index (χ0n) is 7.93. The van der Waals surface area contributed by atoms with Gasteiger partial charge in [0.2, 0.25) is 0 Å². The summed E-state index contributed by atoms with van der Waals surface area (Å²) in [7, 11) is 0. The molecule has 0 saturated carbocycles. The topological polar surface area (TPSA) is 55.3 Å². The second kappa shape index (κ2) is 4.70. The Morgan fingerprint density at radius 1 is 1.27 bits per heavy atom. The summed E-state index contributed by atoms with van der Waals surface area (Å²) >= 11 is 0. The molecule has 4 N–H and O–H groups in total. The van der Waals surface area contributed by atoms with Crippen molar-refractivity contribution < 1.29 is 0 Å². The molecule has 0 bridgehead atoms. The summed E-state index contributed by atoms with van der Waals surface area (Å²) in [6.45, 7) is 8.00. The van der Waals surface area contributed by atoms with Gasteiger partial charge in [-0.15, -0.1) is 0 Å². The fourth-order valence-corrected chi connectivity index (χ4v) is 0.831. The predicted molar refractivity (Wildman–Crippen MR) is 48.9 cm³/mol. The van der Waals surface area contributed by atoms with Crippen molar-refractivity contribution in [3.63, 3.8) is 0 Å². The Kier molecular flexibility index (Phi) is 4.65. The number of hydrogen-bond acceptors (Lipinski definition) is 3. The highest BCUT2D eigenvalue weighted by Crippen LogP contribution is 2.03. The van der Waals surface area contributed by atoms with E-state index in [0.29, 0.717) is 0 Å². The van der Waals surface area contributed by atoms with Gasteiger partial charge in [0.25, 0.3) is 0 Å². The molecule has 3 heteroatoms. The monoisotopic (exact) mass is 159 g/mol. The highest BCUT2D eigenvalue weighted by atomic mass is 15.4. The van der Waals surface area contributed by atoms with Gasteiger partial charge in [0, 0.05) is 18.6 Å². The van der Waals surface area contributed by atoms with E-state index in [9.17, 15) is 0 Å². The van der Waals surface area contributed by atoms with Crippen LogP contribution in [0.5, 0.6) is 0 Å². The van der Waals surface area contributed by atoms with E-state index in [1.807, 2.05) is 18.9 Å². The van der Waals surface area contributed by atoms with E-state index in [2.05, 4.69) is 6.92 Å². The SMILES string of the molecule is CCCN(N)CCC(C)(C)N. The van der Waals surface area contributed by atoms with Crippen LogP contribution in [-0.2, 0) is 0 Å². The number of nitrogens with zero attached hydrogens (tertiary/aromatic N) is 1. The van der Waals surface area contributed by atoms with E-state index < -0.39 is 0 Å². The van der Waals surface area contributed by atoms with Crippen molar-refractivity contribution in [2.24, 2.45) is 11.6 Å². The van der Waals surface area contributed by atoms with Crippen molar-refractivity contribution in [2.75, 3.05) is 13.1 Å². The molecular weight excluding hydrogens is 138 g/mol. The van der Waals surface area contributed by atoms with Gasteiger partial charge in [0.05, 0.1) is 0 Å². The van der Waals surface area contributed by atoms with Gasteiger partial charge in [0.1, 0.15) is 0 Å². The average molecular weight is 159 g/mol. The van der Waals surface area contributed by atoms with E-state index in [-0.39, 0.29) is 5.54 Å². The van der Waals surface area contributed by atoms with Crippen LogP contribution in [0.4, 0.5) is 0 Å². The Hall–Kier alpha value is -0.120. The van der Waals surface area contributed by atoms with Crippen molar-refractivity contribution in [3.05, 3.63) is 0 Å². The maximum absolute atomic E-state index is 5.80. The number of hydrogen-bond donors (Lipinski definition) is 2. The molecule has 0 aromatic rings. The zero-order valence-corrected chi connectivity index (χ0v) is 7.93. The smallest absolute Gasteiger partial charge is 0.0145 e. The first-order valence-electron chi connectivity index (χ1n) is 4.24. The number of rotatable bonds is 5. The first kappa shape index (κ1) is 10.9. The molecule has 0 fully saturated rings. The molecule has 0 aliphatic heterocycles. The van der Waals surface area contributed by atoms with Gasteiger partial charge in [0.15, 0.2) is 0 Å². The van der Waals surface area contributed by atoms with E-state index in [4.69, 9.17) is 11.6 Å². The van der Waals surface area contributed by atoms with Crippen LogP contribution in [-0.4, -0.2) is 23.6 Å². The molecule has 0 unspecified atom stereocenters. The fourth-order valence-electron chi connectivity index (χ4n) is 0.831. The maximum atomic E-state index is 5.80. The quantitative estimate of drug-likeness (QED) is 0.458. The Bertz CT molecular complexity index is 96.0. The van der Waals surface area contributed by atoms with Crippen LogP contribution in [0.25, 0.3) is 0 Å². The number of hydrazine groups is 1. The molecule has 11 heavy (non-hydrogen) atoms. The van der Waals surface area contributed by atoms with Crippen molar-refractivity contribution in [1.82, 2.24) is 5.01 Å². The summed E-state index contributed by atoms with van der Waals surface area (Å²) in [5, 5.41) is 1.83. The second-order valence-corrected chi connectivity index (χ2v) is 3.77. The van der Waals surface area contributed by atoms with Crippen LogP contribution in [0.3, 0.4) is 0 Å². The third kappa shape index (κ3) is 7.78. The molecular formula is C8H21N3. The average Bonchev–Trinajstić information content (AvgIpc) is 1.83. The Labute approximate surface area is 69.7 Å². The molecule has 0 aromatic heterocycles. The number of nitrogens with two attached hydrogens (primary N) is 2. The third-order valence-corrected chi connectivity index (χ3v) is 1.55. The van der Waals surface area contributed by atoms with Crippen LogP contribution in [0.15, 0.2) is 0 Å². The standard InChI is InChI=1S/C8H21N3/c1-4-6-11(10)7-5-8(2,3)9/h4-7,9-10H2,1-3H3. The normalized spacial score (nSPS) is 12.5. The maximum Gasteiger partial charge on any atom is 0.0145 e. The van der Waals surface area contributed by atoms with E-state index in [1.165, 1.54) is 0 Å². The van der Waals surface area contributed by atoms with Gasteiger partial charge in [-0.1, -0.05) is 6.92 Å². The molecule has 0 amide bonds. The Balaban J connectivity index is 3.38. The second-order valence-electron chi connectivity index (χ2n) is 3.77. The molecule has 0 spiro atoms. The summed E-state index contributed by atoms with van der Waals surface area (Å²) in [4.78, 5) is 0. The lowest BCUT2D eigenvalue weighted by atomic mass is 10.0. The molecule has 0 saturated heterocycles. The van der Waals surface area contributed by atoms with Gasteiger partial charge in [-0.05, 0) is 26.7 Å². The molecule has 0 rings (SSSR count). The van der Waals surface area contributed by atoms with Crippen molar-refractivity contribution in [2.45, 2.75) is 39.2 Å². The minimum absolute atomic E-state index is 0.0919. The lowest BCUT2D eigenvalue weighted by Gasteiger charge is -2.22. The van der Waals surface area contributed by atoms with E-state index in [0.717, 1.165) is 25.9 Å². The van der Waals surface area contributed by atoms with Crippen molar-refractivity contribution in [1.29, 1.82) is 0 Å². The van der Waals surface area contributed by atoms with Gasteiger partial charge >= 0.3 is 0 Å². The molecule has 3 nitrogen and oxygen atoms in total. The fraction of sp³-hybridized carbons (Fsp3) is 1.00. The molecule has 0 aliphatic rings. The molecule has 0 radical (unpaired) electrons. The summed E-state index contributed by atoms with van der Waals surface area (Å²) in [5.41, 5.74) is 5.71. The van der Waals surface area contributed by atoms with Crippen molar-refractivity contribution >= 4 is 0 Å². The van der Waals surface area contributed by atoms with Crippen LogP contribution in [0.1, 0.15) is 33.6 Å². The minimum atomic E-state index is -0.0919. The van der Waals surface area contributed by atoms with Crippen LogP contribution in [0.2, 0.25) is 0 Å². The first-order valence-corrected chi connectivity index (χ1v) is 4.24. The van der Waals surface area contributed by atoms with Crippen LogP contribution >= 0.6 is 0 Å². The zero-order chi connectivity index (χ0) is 8.91. The molecule has 0 heterocycles. The largest absolute Gasteiger partial charge is 0.326 e. The summed E-state index contributed by atoms with van der Waals surface area (Å²) in [6, 6.07) is 0. The van der Waals surface area contributed by atoms with E-state index >= 15 is 0 Å². The van der Waals surface area contributed by atoms with Gasteiger partial charge in [-0.25, -0.2) is 5.01 Å². The summed E-state index contributed by atoms with van der Waals surface area (Å²) < 4.78 is 0. The molecule has 0 aromatic carbocycles. The predicted octanol–water partition coefficient (Wildman–Crippen LogP) is 0.700. The molecule has 0 aliphatic carbocycles. The Morgan fingerprint density at radius 2 is 1.82 bits per heavy atom. The molecule has 68 valence electrons. The Morgan fingerprint density at radius 3 is 2.18 bits per heavy atom. The summed E-state index contributed by atoms with van der Waals surface area (Å²) in [6.07, 6.45) is 2.05. The minimum Gasteiger partial charge on any atom is -0.326 e. The van der Waals surface area contributed by atoms with Gasteiger partial charge < -0.3 is 5.73 Å². The summed E-state index contributed by atoms with van der Waals surface area (Å²) in [5.74, 6) is 5.67. The van der Waals surface area contributed by atoms with Crippen molar-refractivity contribution in [3.8, 4) is 0 Å². The molecule has 0 atom stereocenters. The van der Waals surface area contributed by atoms with Crippen LogP contribution in [0, 0.1) is 0 Å². The lowest BCUT2D eigenvalue weighted by molar-refractivity contribution is 0.255. The third-order valence-electron chi connectivity index (χ3n) is 1.55. The first-order chi connectivity index (χ1) is 4.95. The van der Waals surface area contributed by atoms with Crippen LogP contribution < -0.4 is 11.6 Å². The lowest BCUT2D eigenvalue weighted by Crippen LogP contribution is -2.40. The van der Waals surface area contributed by atoms with E-state index in [1.54, 1.807) is 0 Å². The van der Waals surface area contributed by atoms with Gasteiger partial charge in [-0.3, -0.25) is 5.84 Å². The van der Waals surface area contributed by atoms with Gasteiger partial charge in [-0.2, -0.15) is 0 Å². The highest BCUT2D eigenvalue weighted by Gasteiger charge is 2.10. The highest BCUT2D eigenvalue weighted by molar-refractivity contribution is 4.72.